The summed E-state index contributed by atoms with van der Waals surface area (Å²) in [6.45, 7) is 2.86. The first-order valence-electron chi connectivity index (χ1n) is 5.49. The van der Waals surface area contributed by atoms with Gasteiger partial charge in [-0.1, -0.05) is 0 Å². The van der Waals surface area contributed by atoms with E-state index in [9.17, 15) is 8.42 Å². The highest BCUT2D eigenvalue weighted by Gasteiger charge is 2.27. The van der Waals surface area contributed by atoms with Crippen molar-refractivity contribution in [3.8, 4) is 0 Å². The maximum atomic E-state index is 12.0. The van der Waals surface area contributed by atoms with Gasteiger partial charge in [0.1, 0.15) is 0 Å². The fraction of sp³-hybridized carbons (Fsp3) is 0.667. The quantitative estimate of drug-likeness (QED) is 0.803. The Bertz CT molecular complexity index is 516. The lowest BCUT2D eigenvalue weighted by molar-refractivity contribution is 0.482. The van der Waals surface area contributed by atoms with E-state index < -0.39 is 10.2 Å². The van der Waals surface area contributed by atoms with Crippen LogP contribution in [0.2, 0.25) is 0 Å². The highest BCUT2D eigenvalue weighted by atomic mass is 32.2. The maximum absolute atomic E-state index is 12.0. The topological polar surface area (TPSA) is 93.2 Å². The monoisotopic (exact) mass is 259 g/mol. The second-order valence-electron chi connectivity index (χ2n) is 4.18. The van der Waals surface area contributed by atoms with Gasteiger partial charge in [-0.25, -0.2) is 4.68 Å². The van der Waals surface area contributed by atoms with Crippen LogP contribution in [0.3, 0.4) is 0 Å². The fourth-order valence-electron chi connectivity index (χ4n) is 1.91. The number of anilines is 2. The number of nitrogens with two attached hydrogens (primary N) is 1. The van der Waals surface area contributed by atoms with E-state index in [2.05, 4.69) is 9.82 Å². The van der Waals surface area contributed by atoms with E-state index in [0.29, 0.717) is 30.3 Å². The first kappa shape index (κ1) is 12.2. The minimum Gasteiger partial charge on any atom is -0.394 e. The molecule has 0 atom stereocenters. The number of aromatic nitrogens is 2. The predicted octanol–water partition coefficient (Wildman–Crippen LogP) is 0.0632. The van der Waals surface area contributed by atoms with Crippen LogP contribution < -0.4 is 10.5 Å². The van der Waals surface area contributed by atoms with Gasteiger partial charge >= 0.3 is 10.2 Å². The van der Waals surface area contributed by atoms with Gasteiger partial charge in [0.05, 0.1) is 11.4 Å². The number of nitrogens with one attached hydrogen (secondary N) is 1. The summed E-state index contributed by atoms with van der Waals surface area (Å²) in [6.07, 6.45) is 1.81. The Morgan fingerprint density at radius 2 is 1.94 bits per heavy atom. The normalized spacial score (nSPS) is 17.5. The van der Waals surface area contributed by atoms with Crippen LogP contribution in [0.15, 0.2) is 0 Å². The number of hydrogen-bond donors (Lipinski definition) is 2. The number of rotatable bonds is 3. The second kappa shape index (κ2) is 4.19. The van der Waals surface area contributed by atoms with Crippen LogP contribution in [-0.4, -0.2) is 35.6 Å². The van der Waals surface area contributed by atoms with Gasteiger partial charge in [-0.2, -0.15) is 17.8 Å². The van der Waals surface area contributed by atoms with E-state index in [4.69, 9.17) is 5.73 Å². The molecule has 1 aromatic rings. The first-order chi connectivity index (χ1) is 7.92. The van der Waals surface area contributed by atoms with Crippen molar-refractivity contribution >= 4 is 21.7 Å². The lowest BCUT2D eigenvalue weighted by Gasteiger charge is -2.17. The number of hydrogen-bond acceptors (Lipinski definition) is 4. The van der Waals surface area contributed by atoms with Crippen molar-refractivity contribution in [2.24, 2.45) is 7.05 Å². The van der Waals surface area contributed by atoms with Gasteiger partial charge < -0.3 is 5.73 Å². The molecule has 1 saturated heterocycles. The molecule has 3 N–H and O–H groups in total. The summed E-state index contributed by atoms with van der Waals surface area (Å²) >= 11 is 0. The van der Waals surface area contributed by atoms with Gasteiger partial charge in [-0.3, -0.25) is 4.72 Å². The zero-order valence-electron chi connectivity index (χ0n) is 9.97. The summed E-state index contributed by atoms with van der Waals surface area (Å²) in [5.41, 5.74) is 6.77. The standard InChI is InChI=1S/C9H17N5O2S/c1-7-8(10)9(13(2)11-7)12-17(15,16)14-5-3-4-6-14/h12H,3-6,10H2,1-2H3. The van der Waals surface area contributed by atoms with Gasteiger partial charge in [0.25, 0.3) is 0 Å². The van der Waals surface area contributed by atoms with E-state index in [1.54, 1.807) is 14.0 Å². The largest absolute Gasteiger partial charge is 0.394 e. The SMILES string of the molecule is Cc1nn(C)c(NS(=O)(=O)N2CCCC2)c1N. The zero-order valence-corrected chi connectivity index (χ0v) is 10.8. The number of nitrogen functional groups attached to an aromatic ring is 1. The maximum Gasteiger partial charge on any atom is 0.302 e. The molecule has 1 fully saturated rings. The molecule has 96 valence electrons. The molecule has 1 aliphatic heterocycles. The molecule has 0 radical (unpaired) electrons. The van der Waals surface area contributed by atoms with E-state index in [1.165, 1.54) is 8.99 Å². The lowest BCUT2D eigenvalue weighted by Crippen LogP contribution is -2.34. The molecule has 2 rings (SSSR count). The Morgan fingerprint density at radius 1 is 1.35 bits per heavy atom. The Hall–Kier alpha value is -1.28. The van der Waals surface area contributed by atoms with Gasteiger partial charge in [0, 0.05) is 20.1 Å². The van der Waals surface area contributed by atoms with Crippen LogP contribution in [0, 0.1) is 6.92 Å². The van der Waals surface area contributed by atoms with Crippen LogP contribution >= 0.6 is 0 Å². The smallest absolute Gasteiger partial charge is 0.302 e. The highest BCUT2D eigenvalue weighted by molar-refractivity contribution is 7.90. The summed E-state index contributed by atoms with van der Waals surface area (Å²) in [5.74, 6) is 0.328. The van der Waals surface area contributed by atoms with E-state index >= 15 is 0 Å². The lowest BCUT2D eigenvalue weighted by atomic mass is 10.4. The molecular formula is C9H17N5O2S. The van der Waals surface area contributed by atoms with Crippen molar-refractivity contribution in [2.45, 2.75) is 19.8 Å². The van der Waals surface area contributed by atoms with Gasteiger partial charge in [0.2, 0.25) is 0 Å². The summed E-state index contributed by atoms with van der Waals surface area (Å²) in [6, 6.07) is 0. The molecule has 2 heterocycles. The minimum absolute atomic E-state index is 0.328. The van der Waals surface area contributed by atoms with E-state index in [0.717, 1.165) is 12.8 Å². The Morgan fingerprint density at radius 3 is 2.41 bits per heavy atom. The molecule has 0 aliphatic carbocycles. The Kier molecular flexibility index (Phi) is 3.00. The molecule has 7 nitrogen and oxygen atoms in total. The fourth-order valence-corrected chi connectivity index (χ4v) is 3.27. The van der Waals surface area contributed by atoms with Gasteiger partial charge in [-0.15, -0.1) is 0 Å². The molecule has 8 heteroatoms. The van der Waals surface area contributed by atoms with Crippen LogP contribution in [0.5, 0.6) is 0 Å². The first-order valence-corrected chi connectivity index (χ1v) is 6.93. The van der Waals surface area contributed by atoms with Gasteiger partial charge in [-0.05, 0) is 19.8 Å². The molecule has 1 aliphatic rings. The molecular weight excluding hydrogens is 242 g/mol. The second-order valence-corrected chi connectivity index (χ2v) is 5.86. The average molecular weight is 259 g/mol. The molecule has 0 bridgehead atoms. The van der Waals surface area contributed by atoms with Crippen LogP contribution in [0.25, 0.3) is 0 Å². The number of aryl methyl sites for hydroxylation is 2. The molecule has 17 heavy (non-hydrogen) atoms. The van der Waals surface area contributed by atoms with Crippen molar-refractivity contribution in [2.75, 3.05) is 23.5 Å². The summed E-state index contributed by atoms with van der Waals surface area (Å²) in [5, 5.41) is 4.07. The average Bonchev–Trinajstić information content (AvgIpc) is 2.84. The third kappa shape index (κ3) is 2.22. The Labute approximate surface area is 101 Å². The molecule has 0 spiro atoms. The minimum atomic E-state index is -3.50. The molecule has 0 aromatic carbocycles. The van der Waals surface area contributed by atoms with E-state index in [1.807, 2.05) is 0 Å². The molecule has 0 unspecified atom stereocenters. The van der Waals surface area contributed by atoms with Crippen molar-refractivity contribution in [3.05, 3.63) is 5.69 Å². The highest BCUT2D eigenvalue weighted by Crippen LogP contribution is 2.23. The van der Waals surface area contributed by atoms with E-state index in [-0.39, 0.29) is 0 Å². The summed E-state index contributed by atoms with van der Waals surface area (Å²) in [7, 11) is -1.84. The van der Waals surface area contributed by atoms with Crippen molar-refractivity contribution in [3.63, 3.8) is 0 Å². The molecule has 0 saturated carbocycles. The summed E-state index contributed by atoms with van der Waals surface area (Å²) < 4.78 is 29.4. The van der Waals surface area contributed by atoms with Crippen LogP contribution in [0.1, 0.15) is 18.5 Å². The third-order valence-electron chi connectivity index (χ3n) is 2.90. The van der Waals surface area contributed by atoms with Gasteiger partial charge in [0.15, 0.2) is 5.82 Å². The van der Waals surface area contributed by atoms with Crippen molar-refractivity contribution < 1.29 is 8.42 Å². The summed E-state index contributed by atoms with van der Waals surface area (Å²) in [4.78, 5) is 0. The van der Waals surface area contributed by atoms with Crippen LogP contribution in [0.4, 0.5) is 11.5 Å². The molecule has 0 amide bonds. The van der Waals surface area contributed by atoms with Crippen molar-refractivity contribution in [1.82, 2.24) is 14.1 Å². The third-order valence-corrected chi connectivity index (χ3v) is 4.40. The van der Waals surface area contributed by atoms with Crippen molar-refractivity contribution in [1.29, 1.82) is 0 Å². The zero-order chi connectivity index (χ0) is 12.6. The Balaban J connectivity index is 2.25. The predicted molar refractivity (Wildman–Crippen MR) is 65.7 cm³/mol. The number of nitrogens with zero attached hydrogens (tertiary/aromatic N) is 3. The molecule has 1 aromatic heterocycles. The van der Waals surface area contributed by atoms with Crippen LogP contribution in [-0.2, 0) is 17.3 Å².